The van der Waals surface area contributed by atoms with E-state index < -0.39 is 29.2 Å². The number of piperidine rings is 1. The van der Waals surface area contributed by atoms with Crippen molar-refractivity contribution >= 4 is 41.0 Å². The molecule has 4 amide bonds. The van der Waals surface area contributed by atoms with Gasteiger partial charge < -0.3 is 0 Å². The van der Waals surface area contributed by atoms with E-state index in [1.54, 1.807) is 24.3 Å². The molecule has 1 fully saturated rings. The van der Waals surface area contributed by atoms with Crippen LogP contribution >= 0.6 is 11.6 Å². The second-order valence-corrected chi connectivity index (χ2v) is 9.18. The van der Waals surface area contributed by atoms with Gasteiger partial charge in [0, 0.05) is 24.3 Å². The van der Waals surface area contributed by atoms with Crippen LogP contribution in [0.3, 0.4) is 0 Å². The quantitative estimate of drug-likeness (QED) is 0.659. The van der Waals surface area contributed by atoms with Gasteiger partial charge in [-0.3, -0.25) is 34.2 Å². The molecule has 0 saturated carbocycles. The SMILES string of the molecule is Cc1ccc(CC(=O)CCc2ccc3c(c2)C(=O)N([C@@]2(C)CCC(=O)NC2=O)C3=O)cc1Cl. The lowest BCUT2D eigenvalue weighted by Crippen LogP contribution is -2.62. The average molecular weight is 467 g/mol. The molecule has 2 aromatic carbocycles. The highest BCUT2D eigenvalue weighted by molar-refractivity contribution is 6.31. The van der Waals surface area contributed by atoms with Gasteiger partial charge in [-0.15, -0.1) is 0 Å². The highest BCUT2D eigenvalue weighted by Crippen LogP contribution is 2.34. The maximum absolute atomic E-state index is 13.1. The van der Waals surface area contributed by atoms with Gasteiger partial charge in [0.25, 0.3) is 17.7 Å². The predicted octanol–water partition coefficient (Wildman–Crippen LogP) is 3.18. The van der Waals surface area contributed by atoms with Crippen LogP contribution in [0.15, 0.2) is 36.4 Å². The number of fused-ring (bicyclic) bond motifs is 1. The van der Waals surface area contributed by atoms with Crippen LogP contribution in [0.1, 0.15) is 63.6 Å². The zero-order valence-electron chi connectivity index (χ0n) is 18.4. The molecule has 0 aromatic heterocycles. The Kier molecular flexibility index (Phi) is 5.93. The van der Waals surface area contributed by atoms with Crippen molar-refractivity contribution in [3.05, 3.63) is 69.2 Å². The Bertz CT molecular complexity index is 1220. The molecule has 0 aliphatic carbocycles. The molecule has 4 rings (SSSR count). The molecule has 0 unspecified atom stereocenters. The smallest absolute Gasteiger partial charge is 0.262 e. The molecule has 2 heterocycles. The van der Waals surface area contributed by atoms with Crippen molar-refractivity contribution < 1.29 is 24.0 Å². The number of aryl methyl sites for hydroxylation is 2. The van der Waals surface area contributed by atoms with Crippen molar-refractivity contribution in [3.8, 4) is 0 Å². The predicted molar refractivity (Wildman–Crippen MR) is 121 cm³/mol. The number of carbonyl (C=O) groups excluding carboxylic acids is 5. The number of nitrogens with zero attached hydrogens (tertiary/aromatic N) is 1. The number of ketones is 1. The summed E-state index contributed by atoms with van der Waals surface area (Å²) in [6, 6.07) is 10.4. The van der Waals surface area contributed by atoms with Gasteiger partial charge in [0.15, 0.2) is 0 Å². The van der Waals surface area contributed by atoms with Crippen molar-refractivity contribution in [2.24, 2.45) is 0 Å². The number of Topliss-reactive ketones (excluding diaryl/α,β-unsaturated/α-hetero) is 1. The van der Waals surface area contributed by atoms with Crippen molar-refractivity contribution in [2.45, 2.75) is 51.5 Å². The van der Waals surface area contributed by atoms with Gasteiger partial charge in [-0.25, -0.2) is 0 Å². The Morgan fingerprint density at radius 3 is 2.42 bits per heavy atom. The fourth-order valence-electron chi connectivity index (χ4n) is 4.25. The summed E-state index contributed by atoms with van der Waals surface area (Å²) >= 11 is 6.13. The van der Waals surface area contributed by atoms with Gasteiger partial charge in [-0.1, -0.05) is 29.8 Å². The van der Waals surface area contributed by atoms with E-state index in [4.69, 9.17) is 11.6 Å². The van der Waals surface area contributed by atoms with Crippen LogP contribution in [-0.2, 0) is 27.2 Å². The minimum Gasteiger partial charge on any atom is -0.299 e. The summed E-state index contributed by atoms with van der Waals surface area (Å²) in [5.74, 6) is -2.16. The van der Waals surface area contributed by atoms with Crippen molar-refractivity contribution in [1.82, 2.24) is 10.2 Å². The van der Waals surface area contributed by atoms with Crippen molar-refractivity contribution in [3.63, 3.8) is 0 Å². The Balaban J connectivity index is 1.46. The third-order valence-electron chi connectivity index (χ3n) is 6.36. The maximum Gasteiger partial charge on any atom is 0.262 e. The maximum atomic E-state index is 13.1. The Morgan fingerprint density at radius 2 is 1.73 bits per heavy atom. The van der Waals surface area contributed by atoms with E-state index in [-0.39, 0.29) is 42.6 Å². The topological polar surface area (TPSA) is 101 Å². The number of benzene rings is 2. The summed E-state index contributed by atoms with van der Waals surface area (Å²) in [6.45, 7) is 3.39. The minimum atomic E-state index is -1.42. The largest absolute Gasteiger partial charge is 0.299 e. The molecule has 2 aliphatic heterocycles. The number of halogens is 1. The Hall–Kier alpha value is -3.32. The number of nitrogens with one attached hydrogen (secondary N) is 1. The number of hydrogen-bond acceptors (Lipinski definition) is 5. The number of amides is 4. The third-order valence-corrected chi connectivity index (χ3v) is 6.76. The van der Waals surface area contributed by atoms with Gasteiger partial charge in [-0.05, 0) is 61.6 Å². The second-order valence-electron chi connectivity index (χ2n) is 8.78. The first kappa shape index (κ1) is 22.9. The van der Waals surface area contributed by atoms with Crippen LogP contribution in [0.5, 0.6) is 0 Å². The standard InChI is InChI=1S/C25H23ClN2O5/c1-14-3-4-16(13-20(14)26)11-17(29)7-5-15-6-8-18-19(12-15)23(32)28(22(18)31)25(2)10-9-21(30)27-24(25)33/h3-4,6,8,12-13H,5,7,9-11H2,1-2H3,(H,27,30,33)/t25-/m0/s1. The van der Waals surface area contributed by atoms with E-state index in [0.29, 0.717) is 11.4 Å². The number of hydrogen-bond donors (Lipinski definition) is 1. The lowest BCUT2D eigenvalue weighted by Gasteiger charge is -2.38. The summed E-state index contributed by atoms with van der Waals surface area (Å²) in [7, 11) is 0. The lowest BCUT2D eigenvalue weighted by molar-refractivity contribution is -0.141. The molecule has 0 spiro atoms. The average Bonchev–Trinajstić information content (AvgIpc) is 3.02. The van der Waals surface area contributed by atoms with E-state index in [0.717, 1.165) is 21.6 Å². The monoisotopic (exact) mass is 466 g/mol. The lowest BCUT2D eigenvalue weighted by atomic mass is 9.89. The first-order chi connectivity index (χ1) is 15.6. The van der Waals surface area contributed by atoms with E-state index in [1.165, 1.54) is 6.92 Å². The van der Waals surface area contributed by atoms with E-state index >= 15 is 0 Å². The van der Waals surface area contributed by atoms with Crippen LogP contribution in [-0.4, -0.2) is 39.9 Å². The molecular formula is C25H23ClN2O5. The summed E-state index contributed by atoms with van der Waals surface area (Å²) in [6.07, 6.45) is 1.09. The fourth-order valence-corrected chi connectivity index (χ4v) is 4.45. The highest BCUT2D eigenvalue weighted by Gasteiger charge is 2.52. The number of rotatable bonds is 6. The number of imide groups is 2. The molecule has 1 saturated heterocycles. The van der Waals surface area contributed by atoms with Crippen LogP contribution in [0.4, 0.5) is 0 Å². The van der Waals surface area contributed by atoms with Crippen LogP contribution in [0.2, 0.25) is 5.02 Å². The van der Waals surface area contributed by atoms with Gasteiger partial charge in [0.1, 0.15) is 11.3 Å². The van der Waals surface area contributed by atoms with Crippen molar-refractivity contribution in [2.75, 3.05) is 0 Å². The summed E-state index contributed by atoms with van der Waals surface area (Å²) in [5.41, 5.74) is 1.55. The zero-order chi connectivity index (χ0) is 23.9. The van der Waals surface area contributed by atoms with Crippen LogP contribution in [0, 0.1) is 6.92 Å². The van der Waals surface area contributed by atoms with Gasteiger partial charge >= 0.3 is 0 Å². The first-order valence-electron chi connectivity index (χ1n) is 10.7. The van der Waals surface area contributed by atoms with Crippen molar-refractivity contribution in [1.29, 1.82) is 0 Å². The minimum absolute atomic E-state index is 0.0375. The molecule has 0 bridgehead atoms. The van der Waals surface area contributed by atoms with Gasteiger partial charge in [0.05, 0.1) is 11.1 Å². The molecule has 8 heteroatoms. The van der Waals surface area contributed by atoms with E-state index in [2.05, 4.69) is 5.32 Å². The van der Waals surface area contributed by atoms with Crippen LogP contribution in [0.25, 0.3) is 0 Å². The van der Waals surface area contributed by atoms with Gasteiger partial charge in [-0.2, -0.15) is 0 Å². The fraction of sp³-hybridized carbons (Fsp3) is 0.320. The Labute approximate surface area is 196 Å². The summed E-state index contributed by atoms with van der Waals surface area (Å²) < 4.78 is 0. The molecule has 33 heavy (non-hydrogen) atoms. The number of carbonyl (C=O) groups is 5. The molecule has 1 atom stereocenters. The normalized spacial score (nSPS) is 20.2. The molecule has 2 aliphatic rings. The molecule has 0 radical (unpaired) electrons. The molecule has 1 N–H and O–H groups in total. The van der Waals surface area contributed by atoms with Gasteiger partial charge in [0.2, 0.25) is 5.91 Å². The second kappa shape index (κ2) is 8.56. The molecule has 170 valence electrons. The molecule has 2 aromatic rings. The first-order valence-corrected chi connectivity index (χ1v) is 11.1. The Morgan fingerprint density at radius 1 is 1.03 bits per heavy atom. The van der Waals surface area contributed by atoms with E-state index in [1.807, 2.05) is 19.1 Å². The highest BCUT2D eigenvalue weighted by atomic mass is 35.5. The summed E-state index contributed by atoms with van der Waals surface area (Å²) in [5, 5.41) is 2.84. The summed E-state index contributed by atoms with van der Waals surface area (Å²) in [4.78, 5) is 63.4. The third kappa shape index (κ3) is 4.20. The molecular weight excluding hydrogens is 444 g/mol. The van der Waals surface area contributed by atoms with Crippen LogP contribution < -0.4 is 5.32 Å². The van der Waals surface area contributed by atoms with E-state index in [9.17, 15) is 24.0 Å². The molecule has 7 nitrogen and oxygen atoms in total. The zero-order valence-corrected chi connectivity index (χ0v) is 19.1.